The van der Waals surface area contributed by atoms with Crippen LogP contribution in [-0.4, -0.2) is 0 Å². The van der Waals surface area contributed by atoms with E-state index >= 15 is 0 Å². The lowest BCUT2D eigenvalue weighted by Gasteiger charge is -2.29. The lowest BCUT2D eigenvalue weighted by Crippen LogP contribution is -2.15. The molecule has 1 fully saturated rings. The molecule has 140 valence electrons. The van der Waals surface area contributed by atoms with E-state index in [4.69, 9.17) is 0 Å². The first-order valence-corrected chi connectivity index (χ1v) is 9.76. The fraction of sp³-hybridized carbons (Fsp3) is 0.478. The fourth-order valence-corrected chi connectivity index (χ4v) is 4.32. The van der Waals surface area contributed by atoms with Crippen LogP contribution in [0.3, 0.4) is 0 Å². The highest BCUT2D eigenvalue weighted by atomic mass is 19.2. The third kappa shape index (κ3) is 3.67. The Hall–Kier alpha value is -1.77. The van der Waals surface area contributed by atoms with Crippen LogP contribution in [0.15, 0.2) is 30.9 Å². The molecule has 0 N–H and O–H groups in total. The molecule has 1 aliphatic rings. The van der Waals surface area contributed by atoms with E-state index in [1.54, 1.807) is 18.2 Å². The van der Waals surface area contributed by atoms with Gasteiger partial charge in [0.25, 0.3) is 0 Å². The molecule has 0 saturated heterocycles. The van der Waals surface area contributed by atoms with Gasteiger partial charge >= 0.3 is 0 Å². The first kappa shape index (κ1) is 19.0. The van der Waals surface area contributed by atoms with Crippen LogP contribution < -0.4 is 0 Å². The molecule has 1 aliphatic carbocycles. The van der Waals surface area contributed by atoms with E-state index in [0.29, 0.717) is 28.9 Å². The highest BCUT2D eigenvalue weighted by molar-refractivity contribution is 5.85. The Balaban J connectivity index is 1.90. The summed E-state index contributed by atoms with van der Waals surface area (Å²) in [5.74, 6) is -1.83. The Labute approximate surface area is 154 Å². The quantitative estimate of drug-likeness (QED) is 0.469. The van der Waals surface area contributed by atoms with Crippen molar-refractivity contribution in [1.82, 2.24) is 0 Å². The van der Waals surface area contributed by atoms with E-state index in [9.17, 15) is 13.2 Å². The van der Waals surface area contributed by atoms with Gasteiger partial charge in [0.05, 0.1) is 5.39 Å². The average molecular weight is 360 g/mol. The van der Waals surface area contributed by atoms with Crippen molar-refractivity contribution in [2.45, 2.75) is 64.2 Å². The second kappa shape index (κ2) is 8.28. The highest BCUT2D eigenvalue weighted by Crippen LogP contribution is 2.40. The Bertz CT molecular complexity index is 786. The van der Waals surface area contributed by atoms with Gasteiger partial charge in [0.1, 0.15) is 5.82 Å². The number of hydrogen-bond acceptors (Lipinski definition) is 0. The zero-order valence-electron chi connectivity index (χ0n) is 15.5. The summed E-state index contributed by atoms with van der Waals surface area (Å²) in [5.41, 5.74) is 0.869. The van der Waals surface area contributed by atoms with Crippen LogP contribution in [0.4, 0.5) is 13.2 Å². The summed E-state index contributed by atoms with van der Waals surface area (Å²) in [6.45, 7) is 5.70. The molecule has 3 rings (SSSR count). The summed E-state index contributed by atoms with van der Waals surface area (Å²) < 4.78 is 44.1. The van der Waals surface area contributed by atoms with Crippen LogP contribution in [-0.2, 0) is 6.42 Å². The molecule has 2 aromatic carbocycles. The number of benzene rings is 2. The van der Waals surface area contributed by atoms with Crippen LogP contribution >= 0.6 is 0 Å². The van der Waals surface area contributed by atoms with Crippen molar-refractivity contribution in [2.24, 2.45) is 5.92 Å². The van der Waals surface area contributed by atoms with Crippen molar-refractivity contribution in [3.05, 3.63) is 59.4 Å². The molecule has 0 unspecified atom stereocenters. The van der Waals surface area contributed by atoms with E-state index in [2.05, 4.69) is 6.58 Å². The summed E-state index contributed by atoms with van der Waals surface area (Å²) in [5, 5.41) is 0.266. The molecule has 0 nitrogen and oxygen atoms in total. The molecule has 26 heavy (non-hydrogen) atoms. The third-order valence-electron chi connectivity index (χ3n) is 5.82. The molecule has 2 aromatic rings. The molecule has 0 radical (unpaired) electrons. The molecule has 3 heteroatoms. The second-order valence-corrected chi connectivity index (χ2v) is 7.56. The van der Waals surface area contributed by atoms with Gasteiger partial charge in [0.15, 0.2) is 11.6 Å². The number of allylic oxidation sites excluding steroid dienone is 1. The van der Waals surface area contributed by atoms with Gasteiger partial charge in [0.2, 0.25) is 0 Å². The van der Waals surface area contributed by atoms with Gasteiger partial charge in [-0.3, -0.25) is 0 Å². The van der Waals surface area contributed by atoms with Crippen molar-refractivity contribution in [1.29, 1.82) is 0 Å². The molecule has 0 spiro atoms. The molecule has 0 atom stereocenters. The second-order valence-electron chi connectivity index (χ2n) is 7.56. The van der Waals surface area contributed by atoms with Gasteiger partial charge in [0, 0.05) is 0 Å². The maximum absolute atomic E-state index is 14.8. The topological polar surface area (TPSA) is 0 Å². The van der Waals surface area contributed by atoms with Crippen LogP contribution in [0, 0.1) is 23.4 Å². The molecular formula is C23H27F3. The van der Waals surface area contributed by atoms with Gasteiger partial charge < -0.3 is 0 Å². The molecule has 0 heterocycles. The minimum absolute atomic E-state index is 0.0206. The molecule has 0 bridgehead atoms. The number of aryl methyl sites for hydroxylation is 1. The Kier molecular flexibility index (Phi) is 6.05. The van der Waals surface area contributed by atoms with E-state index in [-0.39, 0.29) is 11.3 Å². The van der Waals surface area contributed by atoms with E-state index in [0.717, 1.165) is 44.9 Å². The monoisotopic (exact) mass is 360 g/mol. The summed E-state index contributed by atoms with van der Waals surface area (Å²) in [6.07, 6.45) is 9.14. The van der Waals surface area contributed by atoms with Crippen LogP contribution in [0.5, 0.6) is 0 Å². The molecule has 1 saturated carbocycles. The first-order chi connectivity index (χ1) is 12.6. The largest absolute Gasteiger partial charge is 0.206 e. The minimum atomic E-state index is -1.03. The molecule has 0 amide bonds. The minimum Gasteiger partial charge on any atom is -0.206 e. The fourth-order valence-electron chi connectivity index (χ4n) is 4.32. The SMILES string of the molecule is C=CCCC1CCC(c2cc3ccc(CCC)c(F)c3c(F)c2F)CC1. The van der Waals surface area contributed by atoms with Gasteiger partial charge in [-0.1, -0.05) is 31.6 Å². The zero-order chi connectivity index (χ0) is 18.7. The third-order valence-corrected chi connectivity index (χ3v) is 5.82. The van der Waals surface area contributed by atoms with Gasteiger partial charge in [-0.25, -0.2) is 13.2 Å². The maximum atomic E-state index is 14.8. The van der Waals surface area contributed by atoms with Gasteiger partial charge in [-0.2, -0.15) is 0 Å². The van der Waals surface area contributed by atoms with Crippen LogP contribution in [0.25, 0.3) is 10.8 Å². The van der Waals surface area contributed by atoms with Crippen molar-refractivity contribution in [2.75, 3.05) is 0 Å². The normalized spacial score (nSPS) is 20.5. The number of halogens is 3. The van der Waals surface area contributed by atoms with Gasteiger partial charge in [-0.05, 0) is 79.4 Å². The lowest BCUT2D eigenvalue weighted by atomic mass is 9.76. The van der Waals surface area contributed by atoms with E-state index < -0.39 is 17.5 Å². The number of rotatable bonds is 6. The number of hydrogen-bond donors (Lipinski definition) is 0. The Morgan fingerprint density at radius 3 is 2.42 bits per heavy atom. The van der Waals surface area contributed by atoms with Crippen molar-refractivity contribution in [3.8, 4) is 0 Å². The molecule has 0 aliphatic heterocycles. The molecular weight excluding hydrogens is 333 g/mol. The summed E-state index contributed by atoms with van der Waals surface area (Å²) >= 11 is 0. The van der Waals surface area contributed by atoms with E-state index in [1.165, 1.54) is 0 Å². The van der Waals surface area contributed by atoms with E-state index in [1.807, 2.05) is 13.0 Å². The summed E-state index contributed by atoms with van der Waals surface area (Å²) in [4.78, 5) is 0. The Morgan fingerprint density at radius 2 is 1.77 bits per heavy atom. The first-order valence-electron chi connectivity index (χ1n) is 9.76. The number of fused-ring (bicyclic) bond motifs is 1. The zero-order valence-corrected chi connectivity index (χ0v) is 15.5. The summed E-state index contributed by atoms with van der Waals surface area (Å²) in [6, 6.07) is 5.10. The summed E-state index contributed by atoms with van der Waals surface area (Å²) in [7, 11) is 0. The van der Waals surface area contributed by atoms with Crippen LogP contribution in [0.2, 0.25) is 0 Å². The predicted octanol–water partition coefficient (Wildman–Crippen LogP) is 7.45. The van der Waals surface area contributed by atoms with Crippen molar-refractivity contribution >= 4 is 10.8 Å². The lowest BCUT2D eigenvalue weighted by molar-refractivity contribution is 0.306. The van der Waals surface area contributed by atoms with Gasteiger partial charge in [-0.15, -0.1) is 6.58 Å². The highest BCUT2D eigenvalue weighted by Gasteiger charge is 2.27. The van der Waals surface area contributed by atoms with Crippen molar-refractivity contribution < 1.29 is 13.2 Å². The standard InChI is InChI=1S/C23H27F3/c1-3-5-7-15-8-10-16(11-9-15)19-14-18-13-12-17(6-4-2)21(24)20(18)23(26)22(19)25/h3,12-16H,1,4-11H2,2H3. The molecule has 0 aromatic heterocycles. The average Bonchev–Trinajstić information content (AvgIpc) is 2.65. The maximum Gasteiger partial charge on any atom is 0.169 e. The van der Waals surface area contributed by atoms with Crippen LogP contribution in [0.1, 0.15) is 68.9 Å². The van der Waals surface area contributed by atoms with Crippen molar-refractivity contribution in [3.63, 3.8) is 0 Å². The predicted molar refractivity (Wildman–Crippen MR) is 102 cm³/mol. The Morgan fingerprint density at radius 1 is 1.04 bits per heavy atom. The smallest absolute Gasteiger partial charge is 0.169 e.